The Kier molecular flexibility index (Phi) is 7.04. The minimum absolute atomic E-state index is 0.701. The minimum atomic E-state index is 0.701. The zero-order valence-corrected chi connectivity index (χ0v) is 29.9. The van der Waals surface area contributed by atoms with Crippen LogP contribution in [-0.4, -0.2) is 0 Å². The molecule has 0 aliphatic carbocycles. The maximum Gasteiger partial charge on any atom is 0.170 e. The number of ether oxygens (including phenoxy) is 2. The number of hydrogen-bond acceptors (Lipinski definition) is 4. The number of thiophene rings is 1. The van der Waals surface area contributed by atoms with Crippen LogP contribution < -0.4 is 14.4 Å². The minimum Gasteiger partial charge on any atom is -0.453 e. The summed E-state index contributed by atoms with van der Waals surface area (Å²) in [4.78, 5) is 2.37. The summed E-state index contributed by atoms with van der Waals surface area (Å²) in [5.41, 5.74) is 7.88. The quantitative estimate of drug-likeness (QED) is 0.178. The van der Waals surface area contributed by atoms with Gasteiger partial charge in [-0.25, -0.2) is 0 Å². The molecular weight excluding hydrogens is 679 g/mol. The van der Waals surface area contributed by atoms with E-state index in [0.29, 0.717) is 11.5 Å². The lowest BCUT2D eigenvalue weighted by Crippen LogP contribution is -2.09. The molecule has 4 heteroatoms. The van der Waals surface area contributed by atoms with E-state index >= 15 is 0 Å². The smallest absolute Gasteiger partial charge is 0.170 e. The van der Waals surface area contributed by atoms with Gasteiger partial charge in [0.05, 0.1) is 5.39 Å². The van der Waals surface area contributed by atoms with Crippen molar-refractivity contribution in [1.82, 2.24) is 0 Å². The van der Waals surface area contributed by atoms with E-state index in [1.807, 2.05) is 41.7 Å². The van der Waals surface area contributed by atoms with Crippen molar-refractivity contribution in [2.75, 3.05) is 4.90 Å². The van der Waals surface area contributed by atoms with E-state index < -0.39 is 0 Å². The summed E-state index contributed by atoms with van der Waals surface area (Å²) in [5.74, 6) is 3.01. The van der Waals surface area contributed by atoms with E-state index in [0.717, 1.165) is 55.8 Å². The molecule has 0 fully saturated rings. The lowest BCUT2D eigenvalue weighted by Gasteiger charge is -2.26. The van der Waals surface area contributed by atoms with Crippen molar-refractivity contribution in [3.05, 3.63) is 188 Å². The van der Waals surface area contributed by atoms with Crippen molar-refractivity contribution in [2.45, 2.75) is 0 Å². The Bertz CT molecular complexity index is 3050. The highest BCUT2D eigenvalue weighted by Crippen LogP contribution is 2.47. The van der Waals surface area contributed by atoms with E-state index in [9.17, 15) is 0 Å². The van der Waals surface area contributed by atoms with Crippen LogP contribution in [0.25, 0.3) is 64.0 Å². The number of rotatable bonds is 5. The second-order valence-corrected chi connectivity index (χ2v) is 14.8. The average molecular weight is 710 g/mol. The topological polar surface area (TPSA) is 21.7 Å². The van der Waals surface area contributed by atoms with E-state index in [2.05, 4.69) is 163 Å². The first-order valence-electron chi connectivity index (χ1n) is 18.1. The molecule has 2 heterocycles. The maximum atomic E-state index is 6.53. The summed E-state index contributed by atoms with van der Waals surface area (Å²) in [7, 11) is 0. The largest absolute Gasteiger partial charge is 0.453 e. The fourth-order valence-corrected chi connectivity index (χ4v) is 8.96. The second kappa shape index (κ2) is 12.4. The summed E-state index contributed by atoms with van der Waals surface area (Å²) in [6.07, 6.45) is 0. The molecule has 0 saturated heterocycles. The van der Waals surface area contributed by atoms with E-state index in [4.69, 9.17) is 9.47 Å². The molecule has 0 saturated carbocycles. The lowest BCUT2D eigenvalue weighted by molar-refractivity contribution is 0.439. The van der Waals surface area contributed by atoms with Crippen LogP contribution in [0.5, 0.6) is 23.0 Å². The molecule has 11 rings (SSSR count). The van der Waals surface area contributed by atoms with Gasteiger partial charge in [0.25, 0.3) is 0 Å². The van der Waals surface area contributed by atoms with Crippen LogP contribution in [-0.2, 0) is 0 Å². The Balaban J connectivity index is 1.01. The molecule has 54 heavy (non-hydrogen) atoms. The zero-order valence-electron chi connectivity index (χ0n) is 29.1. The van der Waals surface area contributed by atoms with Crippen LogP contribution >= 0.6 is 11.3 Å². The van der Waals surface area contributed by atoms with Gasteiger partial charge in [0.15, 0.2) is 11.5 Å². The summed E-state index contributed by atoms with van der Waals surface area (Å²) in [5, 5.41) is 7.01. The van der Waals surface area contributed by atoms with Crippen molar-refractivity contribution in [1.29, 1.82) is 0 Å². The van der Waals surface area contributed by atoms with Gasteiger partial charge in [0.1, 0.15) is 11.5 Å². The van der Waals surface area contributed by atoms with Gasteiger partial charge in [0.2, 0.25) is 0 Å². The molecule has 0 atom stereocenters. The van der Waals surface area contributed by atoms with Crippen molar-refractivity contribution < 1.29 is 9.47 Å². The number of anilines is 3. The zero-order chi connectivity index (χ0) is 35.6. The SMILES string of the molecule is c1ccc(-c2ccc(N(c3ccc4ccc(-c5ccc6c(c5)Oc5cccc7cccc(c57)O6)cc4c3)c3ccc4c(c3)sc3ccccc34)cc2)cc1. The monoisotopic (exact) mass is 709 g/mol. The third-order valence-corrected chi connectivity index (χ3v) is 11.6. The van der Waals surface area contributed by atoms with Gasteiger partial charge < -0.3 is 14.4 Å². The van der Waals surface area contributed by atoms with Gasteiger partial charge >= 0.3 is 0 Å². The molecule has 0 amide bonds. The number of fused-ring (bicyclic) bond motifs is 5. The van der Waals surface area contributed by atoms with Gasteiger partial charge in [-0.05, 0) is 111 Å². The standard InChI is InChI=1S/C50H31NO2S/c1-2-8-32(9-3-1)33-18-22-39(23-19-33)51(41-25-26-43-42-12-4-5-15-48(42)54-49(43)31-41)40-24-20-34-16-17-36(28-38(34)29-40)37-21-27-44-47(30-37)53-46-14-7-11-35-10-6-13-45(52-44)50(35)46/h1-31H. The molecule has 0 unspecified atom stereocenters. The second-order valence-electron chi connectivity index (χ2n) is 13.7. The Morgan fingerprint density at radius 1 is 0.333 bits per heavy atom. The van der Waals surface area contributed by atoms with Gasteiger partial charge in [-0.15, -0.1) is 11.3 Å². The average Bonchev–Trinajstić information content (AvgIpc) is 3.51. The molecule has 1 aromatic heterocycles. The highest BCUT2D eigenvalue weighted by Gasteiger charge is 2.20. The van der Waals surface area contributed by atoms with Crippen LogP contribution in [0.4, 0.5) is 17.1 Å². The normalized spacial score (nSPS) is 12.0. The Morgan fingerprint density at radius 3 is 1.81 bits per heavy atom. The van der Waals surface area contributed by atoms with Crippen LogP contribution in [0, 0.1) is 0 Å². The molecule has 1 aliphatic heterocycles. The number of benzene rings is 9. The van der Waals surface area contributed by atoms with Crippen molar-refractivity contribution >= 4 is 70.1 Å². The summed E-state index contributed by atoms with van der Waals surface area (Å²) in [6, 6.07) is 66.9. The van der Waals surface area contributed by atoms with Crippen LogP contribution in [0.1, 0.15) is 0 Å². The fourth-order valence-electron chi connectivity index (χ4n) is 7.82. The molecule has 0 radical (unpaired) electrons. The molecule has 9 aromatic carbocycles. The molecule has 0 bridgehead atoms. The first-order chi connectivity index (χ1) is 26.7. The third-order valence-electron chi connectivity index (χ3n) is 10.5. The van der Waals surface area contributed by atoms with Crippen LogP contribution in [0.3, 0.4) is 0 Å². The predicted molar refractivity (Wildman–Crippen MR) is 226 cm³/mol. The van der Waals surface area contributed by atoms with E-state index in [1.54, 1.807) is 0 Å². The Hall–Kier alpha value is -6.88. The number of nitrogens with zero attached hydrogens (tertiary/aromatic N) is 1. The molecule has 10 aromatic rings. The molecule has 1 aliphatic rings. The highest BCUT2D eigenvalue weighted by atomic mass is 32.1. The Labute approximate surface area is 316 Å². The first kappa shape index (κ1) is 30.7. The fraction of sp³-hybridized carbons (Fsp3) is 0. The van der Waals surface area contributed by atoms with E-state index in [1.165, 1.54) is 36.7 Å². The van der Waals surface area contributed by atoms with Crippen molar-refractivity contribution in [3.63, 3.8) is 0 Å². The highest BCUT2D eigenvalue weighted by molar-refractivity contribution is 7.25. The van der Waals surface area contributed by atoms with E-state index in [-0.39, 0.29) is 0 Å². The van der Waals surface area contributed by atoms with Gasteiger partial charge in [-0.3, -0.25) is 0 Å². The lowest BCUT2D eigenvalue weighted by atomic mass is 10.00. The maximum absolute atomic E-state index is 6.53. The summed E-state index contributed by atoms with van der Waals surface area (Å²) in [6.45, 7) is 0. The molecule has 3 nitrogen and oxygen atoms in total. The van der Waals surface area contributed by atoms with Crippen molar-refractivity contribution in [2.24, 2.45) is 0 Å². The van der Waals surface area contributed by atoms with Crippen LogP contribution in [0.2, 0.25) is 0 Å². The number of hydrogen-bond donors (Lipinski definition) is 0. The van der Waals surface area contributed by atoms with Crippen LogP contribution in [0.15, 0.2) is 188 Å². The molecule has 0 N–H and O–H groups in total. The third kappa shape index (κ3) is 5.19. The van der Waals surface area contributed by atoms with Gasteiger partial charge in [-0.1, -0.05) is 115 Å². The summed E-state index contributed by atoms with van der Waals surface area (Å²) >= 11 is 1.85. The van der Waals surface area contributed by atoms with Gasteiger partial charge in [-0.2, -0.15) is 0 Å². The first-order valence-corrected chi connectivity index (χ1v) is 19.0. The summed E-state index contributed by atoms with van der Waals surface area (Å²) < 4.78 is 15.5. The molecule has 0 spiro atoms. The predicted octanol–water partition coefficient (Wildman–Crippen LogP) is 15.1. The molecule has 254 valence electrons. The van der Waals surface area contributed by atoms with Gasteiger partial charge in [0, 0.05) is 37.2 Å². The Morgan fingerprint density at radius 2 is 0.963 bits per heavy atom. The van der Waals surface area contributed by atoms with Crippen molar-refractivity contribution in [3.8, 4) is 45.3 Å². The molecular formula is C50H31NO2S.